The first kappa shape index (κ1) is 18.3. The molecule has 2 N–H and O–H groups in total. The van der Waals surface area contributed by atoms with Crippen LogP contribution in [0.25, 0.3) is 0 Å². The van der Waals surface area contributed by atoms with E-state index in [0.29, 0.717) is 37.1 Å². The summed E-state index contributed by atoms with van der Waals surface area (Å²) < 4.78 is 25.9. The number of aliphatic carboxylic acids is 1. The van der Waals surface area contributed by atoms with Gasteiger partial charge >= 0.3 is 5.97 Å². The normalized spacial score (nSPS) is 18.2. The number of rotatable bonds is 6. The highest BCUT2D eigenvalue weighted by Gasteiger charge is 2.28. The Kier molecular flexibility index (Phi) is 5.82. The van der Waals surface area contributed by atoms with Crippen LogP contribution in [0.4, 0.5) is 5.69 Å². The third-order valence-electron chi connectivity index (χ3n) is 3.94. The molecule has 1 heterocycles. The third kappa shape index (κ3) is 4.70. The predicted molar refractivity (Wildman–Crippen MR) is 90.4 cm³/mol. The molecule has 7 nitrogen and oxygen atoms in total. The molecule has 0 aromatic heterocycles. The number of hydrogen-bond acceptors (Lipinski definition) is 4. The lowest BCUT2D eigenvalue weighted by Gasteiger charge is -2.30. The van der Waals surface area contributed by atoms with Gasteiger partial charge < -0.3 is 10.0 Å². The summed E-state index contributed by atoms with van der Waals surface area (Å²) in [6, 6.07) is 6.19. The first-order valence-electron chi connectivity index (χ1n) is 7.95. The zero-order valence-corrected chi connectivity index (χ0v) is 14.4. The molecule has 132 valence electrons. The van der Waals surface area contributed by atoms with Crippen LogP contribution >= 0.6 is 0 Å². The van der Waals surface area contributed by atoms with Crippen molar-refractivity contribution in [3.05, 3.63) is 29.8 Å². The van der Waals surface area contributed by atoms with E-state index in [1.165, 1.54) is 0 Å². The Labute approximate surface area is 141 Å². The number of benzene rings is 1. The molecular weight excluding hydrogens is 332 g/mol. The summed E-state index contributed by atoms with van der Waals surface area (Å²) in [4.78, 5) is 25.1. The molecule has 24 heavy (non-hydrogen) atoms. The number of likely N-dealkylation sites (tertiary alicyclic amines) is 1. The number of nitrogens with zero attached hydrogens (tertiary/aromatic N) is 1. The van der Waals surface area contributed by atoms with Crippen LogP contribution in [0.3, 0.4) is 0 Å². The minimum atomic E-state index is -3.37. The summed E-state index contributed by atoms with van der Waals surface area (Å²) in [6.45, 7) is 2.52. The highest BCUT2D eigenvalue weighted by atomic mass is 32.2. The quantitative estimate of drug-likeness (QED) is 0.810. The molecule has 2 rings (SSSR count). The van der Waals surface area contributed by atoms with Crippen LogP contribution in [0.15, 0.2) is 24.3 Å². The summed E-state index contributed by atoms with van der Waals surface area (Å²) in [7, 11) is -3.37. The second-order valence-corrected chi connectivity index (χ2v) is 7.77. The fourth-order valence-corrected chi connectivity index (χ4v) is 3.86. The van der Waals surface area contributed by atoms with E-state index in [4.69, 9.17) is 5.11 Å². The molecule has 1 aliphatic rings. The molecule has 1 saturated heterocycles. The molecule has 1 atom stereocenters. The molecule has 1 amide bonds. The minimum Gasteiger partial charge on any atom is -0.481 e. The van der Waals surface area contributed by atoms with Crippen LogP contribution in [0.2, 0.25) is 0 Å². The van der Waals surface area contributed by atoms with Crippen LogP contribution in [0.1, 0.15) is 36.5 Å². The number of carbonyl (C=O) groups excluding carboxylic acids is 1. The van der Waals surface area contributed by atoms with Crippen molar-refractivity contribution < 1.29 is 23.1 Å². The van der Waals surface area contributed by atoms with Gasteiger partial charge in [0, 0.05) is 24.3 Å². The fraction of sp³-hybridized carbons (Fsp3) is 0.500. The molecule has 1 aromatic rings. The molecular formula is C16H22N2O5S. The van der Waals surface area contributed by atoms with Crippen molar-refractivity contribution in [3.63, 3.8) is 0 Å². The van der Waals surface area contributed by atoms with Gasteiger partial charge in [0.05, 0.1) is 11.7 Å². The lowest BCUT2D eigenvalue weighted by molar-refractivity contribution is -0.143. The summed E-state index contributed by atoms with van der Waals surface area (Å²) in [5, 5.41) is 9.09. The Morgan fingerprint density at radius 2 is 1.96 bits per heavy atom. The minimum absolute atomic E-state index is 0.0397. The smallest absolute Gasteiger partial charge is 0.308 e. The number of carboxylic acid groups (broad SMARTS) is 1. The third-order valence-corrected chi connectivity index (χ3v) is 5.43. The number of piperidine rings is 1. The molecule has 1 unspecified atom stereocenters. The molecule has 0 radical (unpaired) electrons. The molecule has 8 heteroatoms. The van der Waals surface area contributed by atoms with Crippen molar-refractivity contribution in [2.45, 2.75) is 26.2 Å². The van der Waals surface area contributed by atoms with E-state index in [1.54, 1.807) is 36.1 Å². The van der Waals surface area contributed by atoms with Crippen molar-refractivity contribution in [2.75, 3.05) is 23.6 Å². The summed E-state index contributed by atoms with van der Waals surface area (Å²) in [6.07, 6.45) is 1.76. The van der Waals surface area contributed by atoms with E-state index in [2.05, 4.69) is 4.72 Å². The van der Waals surface area contributed by atoms with Gasteiger partial charge in [-0.2, -0.15) is 0 Å². The first-order chi connectivity index (χ1) is 11.3. The van der Waals surface area contributed by atoms with E-state index >= 15 is 0 Å². The van der Waals surface area contributed by atoms with E-state index in [-0.39, 0.29) is 18.2 Å². The number of sulfonamides is 1. The maximum atomic E-state index is 12.5. The van der Waals surface area contributed by atoms with Gasteiger partial charge in [-0.15, -0.1) is 0 Å². The standard InChI is InChI=1S/C16H22N2O5S/c1-2-10-24(22,23)17-14-7-5-12(6-8-14)15(19)18-9-3-4-13(11-18)16(20)21/h5-8,13,17H,2-4,9-11H2,1H3,(H,20,21). The fourth-order valence-electron chi connectivity index (χ4n) is 2.73. The van der Waals surface area contributed by atoms with E-state index < -0.39 is 21.9 Å². The Balaban J connectivity index is 2.04. The lowest BCUT2D eigenvalue weighted by Crippen LogP contribution is -2.42. The average Bonchev–Trinajstić information content (AvgIpc) is 2.54. The van der Waals surface area contributed by atoms with Crippen LogP contribution in [0, 0.1) is 5.92 Å². The van der Waals surface area contributed by atoms with E-state index in [0.717, 1.165) is 0 Å². The Morgan fingerprint density at radius 1 is 1.29 bits per heavy atom. The van der Waals surface area contributed by atoms with Crippen LogP contribution in [0.5, 0.6) is 0 Å². The van der Waals surface area contributed by atoms with Crippen molar-refractivity contribution in [3.8, 4) is 0 Å². The number of amides is 1. The monoisotopic (exact) mass is 354 g/mol. The molecule has 0 spiro atoms. The van der Waals surface area contributed by atoms with Crippen molar-refractivity contribution in [1.82, 2.24) is 4.90 Å². The van der Waals surface area contributed by atoms with Crippen molar-refractivity contribution >= 4 is 27.6 Å². The van der Waals surface area contributed by atoms with Gasteiger partial charge in [-0.3, -0.25) is 14.3 Å². The second kappa shape index (κ2) is 7.65. The van der Waals surface area contributed by atoms with Gasteiger partial charge in [0.25, 0.3) is 5.91 Å². The van der Waals surface area contributed by atoms with Crippen LogP contribution < -0.4 is 4.72 Å². The second-order valence-electron chi connectivity index (χ2n) is 5.93. The Bertz CT molecular complexity index is 700. The van der Waals surface area contributed by atoms with Gasteiger partial charge in [-0.1, -0.05) is 6.92 Å². The Hall–Kier alpha value is -2.09. The van der Waals surface area contributed by atoms with Crippen LogP contribution in [-0.2, 0) is 14.8 Å². The number of anilines is 1. The van der Waals surface area contributed by atoms with Crippen molar-refractivity contribution in [2.24, 2.45) is 5.92 Å². The van der Waals surface area contributed by atoms with Gasteiger partial charge in [0.2, 0.25) is 10.0 Å². The number of nitrogens with one attached hydrogen (secondary N) is 1. The predicted octanol–water partition coefficient (Wildman–Crippen LogP) is 1.78. The van der Waals surface area contributed by atoms with Crippen LogP contribution in [-0.4, -0.2) is 49.1 Å². The van der Waals surface area contributed by atoms with Crippen molar-refractivity contribution in [1.29, 1.82) is 0 Å². The van der Waals surface area contributed by atoms with E-state index in [9.17, 15) is 18.0 Å². The zero-order valence-electron chi connectivity index (χ0n) is 13.6. The van der Waals surface area contributed by atoms with Gasteiger partial charge in [0.15, 0.2) is 0 Å². The summed E-state index contributed by atoms with van der Waals surface area (Å²) in [5.74, 6) is -1.60. The van der Waals surface area contributed by atoms with Gasteiger partial charge in [-0.05, 0) is 43.5 Å². The lowest BCUT2D eigenvalue weighted by atomic mass is 9.97. The molecule has 0 aliphatic carbocycles. The van der Waals surface area contributed by atoms with Gasteiger partial charge in [0.1, 0.15) is 0 Å². The number of carbonyl (C=O) groups is 2. The molecule has 1 fully saturated rings. The number of hydrogen-bond donors (Lipinski definition) is 2. The topological polar surface area (TPSA) is 104 Å². The Morgan fingerprint density at radius 3 is 2.54 bits per heavy atom. The maximum Gasteiger partial charge on any atom is 0.308 e. The molecule has 1 aromatic carbocycles. The summed E-state index contributed by atoms with van der Waals surface area (Å²) in [5.41, 5.74) is 0.821. The highest BCUT2D eigenvalue weighted by molar-refractivity contribution is 7.92. The maximum absolute atomic E-state index is 12.5. The molecule has 1 aliphatic heterocycles. The van der Waals surface area contributed by atoms with E-state index in [1.807, 2.05) is 0 Å². The summed E-state index contributed by atoms with van der Waals surface area (Å²) >= 11 is 0. The first-order valence-corrected chi connectivity index (χ1v) is 9.60. The van der Waals surface area contributed by atoms with Gasteiger partial charge in [-0.25, -0.2) is 8.42 Å². The SMILES string of the molecule is CCCS(=O)(=O)Nc1ccc(C(=O)N2CCCC(C(=O)O)C2)cc1. The average molecular weight is 354 g/mol. The largest absolute Gasteiger partial charge is 0.481 e. The highest BCUT2D eigenvalue weighted by Crippen LogP contribution is 2.20. The molecule has 0 saturated carbocycles. The molecule has 0 bridgehead atoms. The zero-order chi connectivity index (χ0) is 17.7. The number of carboxylic acids is 1.